The minimum atomic E-state index is -0.119. The predicted molar refractivity (Wildman–Crippen MR) is 88.5 cm³/mol. The molecule has 2 unspecified atom stereocenters. The Morgan fingerprint density at radius 3 is 2.52 bits per heavy atom. The van der Waals surface area contributed by atoms with Gasteiger partial charge in [-0.25, -0.2) is 0 Å². The molecule has 0 spiro atoms. The number of rotatable bonds is 5. The third-order valence-corrected chi connectivity index (χ3v) is 4.57. The molecule has 1 saturated heterocycles. The van der Waals surface area contributed by atoms with Crippen molar-refractivity contribution in [3.8, 4) is 0 Å². The van der Waals surface area contributed by atoms with Crippen LogP contribution in [-0.2, 0) is 4.74 Å². The van der Waals surface area contributed by atoms with E-state index in [4.69, 9.17) is 4.74 Å². The van der Waals surface area contributed by atoms with Crippen molar-refractivity contribution in [2.24, 2.45) is 5.92 Å². The molecule has 1 aliphatic rings. The molecule has 2 rings (SSSR count). The van der Waals surface area contributed by atoms with Crippen LogP contribution >= 0.6 is 0 Å². The van der Waals surface area contributed by atoms with Gasteiger partial charge in [0.15, 0.2) is 0 Å². The number of ether oxygens (including phenoxy) is 1. The molecule has 118 valence electrons. The maximum Gasteiger partial charge on any atom is 0.0749 e. The second kappa shape index (κ2) is 6.91. The molecule has 1 heterocycles. The van der Waals surface area contributed by atoms with Crippen molar-refractivity contribution < 1.29 is 4.74 Å². The minimum absolute atomic E-state index is 0.119. The summed E-state index contributed by atoms with van der Waals surface area (Å²) in [5, 5.41) is 3.72. The Kier molecular flexibility index (Phi) is 5.42. The van der Waals surface area contributed by atoms with E-state index in [2.05, 4.69) is 68.2 Å². The molecule has 0 aromatic heterocycles. The molecule has 3 heteroatoms. The lowest BCUT2D eigenvalue weighted by molar-refractivity contribution is -0.0297. The molecule has 1 aliphatic heterocycles. The van der Waals surface area contributed by atoms with Gasteiger partial charge >= 0.3 is 0 Å². The largest absolute Gasteiger partial charge is 0.377 e. The van der Waals surface area contributed by atoms with Crippen molar-refractivity contribution in [1.82, 2.24) is 10.2 Å². The smallest absolute Gasteiger partial charge is 0.0749 e. The van der Waals surface area contributed by atoms with Crippen molar-refractivity contribution in [2.45, 2.75) is 45.4 Å². The highest BCUT2D eigenvalue weighted by Gasteiger charge is 2.33. The van der Waals surface area contributed by atoms with E-state index < -0.39 is 0 Å². The molecule has 2 atom stereocenters. The van der Waals surface area contributed by atoms with Crippen LogP contribution in [0.5, 0.6) is 0 Å². The third kappa shape index (κ3) is 4.29. The number of hydrogen-bond donors (Lipinski definition) is 1. The Morgan fingerprint density at radius 1 is 1.29 bits per heavy atom. The average Bonchev–Trinajstić information content (AvgIpc) is 2.47. The Hall–Kier alpha value is -0.900. The molecule has 21 heavy (non-hydrogen) atoms. The predicted octanol–water partition coefficient (Wildman–Crippen LogP) is 3.08. The molecule has 1 aromatic carbocycles. The van der Waals surface area contributed by atoms with Crippen LogP contribution in [0.15, 0.2) is 30.3 Å². The fourth-order valence-electron chi connectivity index (χ4n) is 3.02. The standard InChI is InChI=1S/C18H30N2O/c1-14(2)16-12-20(13-18(3,4)21-5)17(11-19-16)15-9-7-6-8-10-15/h6-10,14,16-17,19H,11-13H2,1-5H3. The maximum absolute atomic E-state index is 5.66. The zero-order chi connectivity index (χ0) is 15.5. The van der Waals surface area contributed by atoms with Crippen LogP contribution in [0.4, 0.5) is 0 Å². The first kappa shape index (κ1) is 16.5. The minimum Gasteiger partial charge on any atom is -0.377 e. The molecule has 0 amide bonds. The number of hydrogen-bond acceptors (Lipinski definition) is 3. The molecule has 1 fully saturated rings. The van der Waals surface area contributed by atoms with Crippen LogP contribution in [0.25, 0.3) is 0 Å². The van der Waals surface area contributed by atoms with Crippen LogP contribution in [0.3, 0.4) is 0 Å². The lowest BCUT2D eigenvalue weighted by Crippen LogP contribution is -2.57. The van der Waals surface area contributed by atoms with Crippen LogP contribution in [0.2, 0.25) is 0 Å². The quantitative estimate of drug-likeness (QED) is 0.902. The monoisotopic (exact) mass is 290 g/mol. The average molecular weight is 290 g/mol. The van der Waals surface area contributed by atoms with E-state index in [1.54, 1.807) is 7.11 Å². The summed E-state index contributed by atoms with van der Waals surface area (Å²) in [4.78, 5) is 2.58. The lowest BCUT2D eigenvalue weighted by Gasteiger charge is -2.44. The Labute approximate surface area is 129 Å². The van der Waals surface area contributed by atoms with E-state index in [9.17, 15) is 0 Å². The fourth-order valence-corrected chi connectivity index (χ4v) is 3.02. The first-order chi connectivity index (χ1) is 9.93. The highest BCUT2D eigenvalue weighted by atomic mass is 16.5. The van der Waals surface area contributed by atoms with Gasteiger partial charge in [-0.2, -0.15) is 0 Å². The van der Waals surface area contributed by atoms with E-state index >= 15 is 0 Å². The molecule has 3 nitrogen and oxygen atoms in total. The van der Waals surface area contributed by atoms with Crippen molar-refractivity contribution in [3.63, 3.8) is 0 Å². The zero-order valence-electron chi connectivity index (χ0n) is 14.1. The summed E-state index contributed by atoms with van der Waals surface area (Å²) in [7, 11) is 1.81. The maximum atomic E-state index is 5.66. The number of nitrogens with zero attached hydrogens (tertiary/aromatic N) is 1. The third-order valence-electron chi connectivity index (χ3n) is 4.57. The second-order valence-electron chi connectivity index (χ2n) is 7.08. The summed E-state index contributed by atoms with van der Waals surface area (Å²) in [6.45, 7) is 12.0. The van der Waals surface area contributed by atoms with Crippen molar-refractivity contribution in [2.75, 3.05) is 26.7 Å². The first-order valence-corrected chi connectivity index (χ1v) is 8.00. The van der Waals surface area contributed by atoms with Crippen LogP contribution in [0, 0.1) is 5.92 Å². The van der Waals surface area contributed by atoms with E-state index in [1.807, 2.05) is 0 Å². The van der Waals surface area contributed by atoms with Crippen LogP contribution in [-0.4, -0.2) is 43.3 Å². The van der Waals surface area contributed by atoms with Gasteiger partial charge in [-0.1, -0.05) is 44.2 Å². The zero-order valence-corrected chi connectivity index (χ0v) is 14.1. The van der Waals surface area contributed by atoms with Crippen molar-refractivity contribution in [1.29, 1.82) is 0 Å². The highest BCUT2D eigenvalue weighted by molar-refractivity contribution is 5.20. The lowest BCUT2D eigenvalue weighted by atomic mass is 9.94. The van der Waals surface area contributed by atoms with Crippen molar-refractivity contribution >= 4 is 0 Å². The van der Waals surface area contributed by atoms with Gasteiger partial charge < -0.3 is 10.1 Å². The molecular formula is C18H30N2O. The van der Waals surface area contributed by atoms with Gasteiger partial charge in [0.25, 0.3) is 0 Å². The SMILES string of the molecule is COC(C)(C)CN1CC(C(C)C)NCC1c1ccccc1. The summed E-state index contributed by atoms with van der Waals surface area (Å²) in [6, 6.07) is 11.8. The van der Waals surface area contributed by atoms with Gasteiger partial charge in [0, 0.05) is 38.8 Å². The van der Waals surface area contributed by atoms with E-state index in [1.165, 1.54) is 5.56 Å². The van der Waals surface area contributed by atoms with Crippen molar-refractivity contribution in [3.05, 3.63) is 35.9 Å². The second-order valence-corrected chi connectivity index (χ2v) is 7.08. The van der Waals surface area contributed by atoms with Gasteiger partial charge in [0.05, 0.1) is 5.60 Å². The highest BCUT2D eigenvalue weighted by Crippen LogP contribution is 2.27. The van der Waals surface area contributed by atoms with Gasteiger partial charge in [-0.15, -0.1) is 0 Å². The number of methoxy groups -OCH3 is 1. The van der Waals surface area contributed by atoms with Gasteiger partial charge in [-0.05, 0) is 25.3 Å². The number of benzene rings is 1. The summed E-state index contributed by atoms with van der Waals surface area (Å²) in [5.41, 5.74) is 1.27. The summed E-state index contributed by atoms with van der Waals surface area (Å²) >= 11 is 0. The number of piperazine rings is 1. The molecular weight excluding hydrogens is 260 g/mol. The van der Waals surface area contributed by atoms with E-state index in [0.29, 0.717) is 18.0 Å². The molecule has 1 aromatic rings. The van der Waals surface area contributed by atoms with Crippen LogP contribution in [0.1, 0.15) is 39.3 Å². The van der Waals surface area contributed by atoms with Gasteiger partial charge in [0.2, 0.25) is 0 Å². The molecule has 0 bridgehead atoms. The molecule has 1 N–H and O–H groups in total. The van der Waals surface area contributed by atoms with E-state index in [0.717, 1.165) is 19.6 Å². The molecule has 0 radical (unpaired) electrons. The van der Waals surface area contributed by atoms with Gasteiger partial charge in [-0.3, -0.25) is 4.90 Å². The Balaban J connectivity index is 2.18. The first-order valence-electron chi connectivity index (χ1n) is 8.00. The summed E-state index contributed by atoms with van der Waals surface area (Å²) < 4.78 is 5.66. The molecule has 0 aliphatic carbocycles. The fraction of sp³-hybridized carbons (Fsp3) is 0.667. The van der Waals surface area contributed by atoms with E-state index in [-0.39, 0.29) is 5.60 Å². The van der Waals surface area contributed by atoms with Gasteiger partial charge in [0.1, 0.15) is 0 Å². The number of nitrogens with one attached hydrogen (secondary N) is 1. The van der Waals surface area contributed by atoms with Crippen LogP contribution < -0.4 is 5.32 Å². The summed E-state index contributed by atoms with van der Waals surface area (Å²) in [6.07, 6.45) is 0. The molecule has 0 saturated carbocycles. The Bertz CT molecular complexity index is 430. The Morgan fingerprint density at radius 2 is 1.95 bits per heavy atom. The summed E-state index contributed by atoms with van der Waals surface area (Å²) in [5.74, 6) is 0.648. The topological polar surface area (TPSA) is 24.5 Å². The normalized spacial score (nSPS) is 24.5.